The first-order valence-corrected chi connectivity index (χ1v) is 6.50. The van der Waals surface area contributed by atoms with Crippen molar-refractivity contribution in [2.45, 2.75) is 4.90 Å². The highest BCUT2D eigenvalue weighted by molar-refractivity contribution is 7.90. The number of hydrogen-bond donors (Lipinski definition) is 1. The van der Waals surface area contributed by atoms with E-state index in [1.54, 1.807) is 0 Å². The van der Waals surface area contributed by atoms with Gasteiger partial charge in [-0.25, -0.2) is 12.8 Å². The van der Waals surface area contributed by atoms with Gasteiger partial charge in [-0.05, 0) is 12.1 Å². The van der Waals surface area contributed by atoms with Crippen LogP contribution in [0.5, 0.6) is 0 Å². The van der Waals surface area contributed by atoms with Gasteiger partial charge in [0.05, 0.1) is 0 Å². The largest absolute Gasteiger partial charge is 0.381 e. The first kappa shape index (κ1) is 11.6. The molecule has 0 spiro atoms. The average Bonchev–Trinajstić information content (AvgIpc) is 2.62. The Balaban J connectivity index is 2.75. The number of hydrogen-bond acceptors (Lipinski definition) is 5. The highest BCUT2D eigenvalue weighted by Gasteiger charge is 2.21. The van der Waals surface area contributed by atoms with Crippen LogP contribution >= 0.6 is 0 Å². The topological polar surface area (TPSA) is 86.2 Å². The number of rotatable bonds is 2. The number of halogens is 1. The third kappa shape index (κ3) is 2.14. The van der Waals surface area contributed by atoms with Crippen molar-refractivity contribution in [3.05, 3.63) is 30.1 Å². The number of aromatic nitrogens is 1. The van der Waals surface area contributed by atoms with Gasteiger partial charge >= 0.3 is 0 Å². The summed E-state index contributed by atoms with van der Waals surface area (Å²) < 4.78 is 41.4. The monoisotopic (exact) mass is 256 g/mol. The zero-order valence-electron chi connectivity index (χ0n) is 8.84. The Kier molecular flexibility index (Phi) is 2.62. The van der Waals surface area contributed by atoms with E-state index in [-0.39, 0.29) is 17.1 Å². The van der Waals surface area contributed by atoms with Crippen molar-refractivity contribution in [3.63, 3.8) is 0 Å². The third-order valence-corrected chi connectivity index (χ3v) is 3.29. The fourth-order valence-electron chi connectivity index (χ4n) is 1.50. The second-order valence-electron chi connectivity index (χ2n) is 3.50. The minimum Gasteiger partial charge on any atom is -0.381 e. The molecule has 0 atom stereocenters. The van der Waals surface area contributed by atoms with E-state index >= 15 is 0 Å². The smallest absolute Gasteiger partial charge is 0.179 e. The van der Waals surface area contributed by atoms with Crippen LogP contribution in [0.1, 0.15) is 0 Å². The number of nitrogens with two attached hydrogens (primary N) is 1. The van der Waals surface area contributed by atoms with Crippen molar-refractivity contribution in [2.24, 2.45) is 0 Å². The SMILES string of the molecule is CS(=O)(=O)c1c(F)cccc1-c1cc(N)no1. The lowest BCUT2D eigenvalue weighted by atomic mass is 10.1. The fourth-order valence-corrected chi connectivity index (χ4v) is 2.49. The van der Waals surface area contributed by atoms with E-state index in [1.165, 1.54) is 18.2 Å². The van der Waals surface area contributed by atoms with Crippen molar-refractivity contribution < 1.29 is 17.3 Å². The summed E-state index contributed by atoms with van der Waals surface area (Å²) in [5, 5.41) is 3.43. The summed E-state index contributed by atoms with van der Waals surface area (Å²) in [6.45, 7) is 0. The van der Waals surface area contributed by atoms with Crippen LogP contribution in [-0.4, -0.2) is 19.8 Å². The van der Waals surface area contributed by atoms with Crippen molar-refractivity contribution in [1.29, 1.82) is 0 Å². The summed E-state index contributed by atoms with van der Waals surface area (Å²) >= 11 is 0. The molecule has 2 aromatic rings. The molecular formula is C10H9FN2O3S. The maximum atomic E-state index is 13.6. The van der Waals surface area contributed by atoms with Crippen LogP contribution < -0.4 is 5.73 Å². The van der Waals surface area contributed by atoms with Crippen LogP contribution in [0.2, 0.25) is 0 Å². The summed E-state index contributed by atoms with van der Waals surface area (Å²) in [6, 6.07) is 5.22. The van der Waals surface area contributed by atoms with Crippen LogP contribution in [-0.2, 0) is 9.84 Å². The van der Waals surface area contributed by atoms with Crippen molar-refractivity contribution in [2.75, 3.05) is 12.0 Å². The predicted molar refractivity (Wildman–Crippen MR) is 59.4 cm³/mol. The maximum Gasteiger partial charge on any atom is 0.179 e. The van der Waals surface area contributed by atoms with Gasteiger partial charge in [0.1, 0.15) is 10.7 Å². The zero-order valence-corrected chi connectivity index (χ0v) is 9.66. The zero-order chi connectivity index (χ0) is 12.6. The Labute approximate surface area is 96.9 Å². The van der Waals surface area contributed by atoms with E-state index in [2.05, 4.69) is 5.16 Å². The molecule has 0 saturated carbocycles. The Morgan fingerprint density at radius 2 is 2.12 bits per heavy atom. The van der Waals surface area contributed by atoms with Crippen LogP contribution in [0.3, 0.4) is 0 Å². The summed E-state index contributed by atoms with van der Waals surface area (Å²) in [5.41, 5.74) is 5.47. The van der Waals surface area contributed by atoms with Crippen LogP contribution in [0.4, 0.5) is 10.2 Å². The van der Waals surface area contributed by atoms with Crippen molar-refractivity contribution >= 4 is 15.7 Å². The second kappa shape index (κ2) is 3.85. The number of nitrogens with zero attached hydrogens (tertiary/aromatic N) is 1. The molecule has 17 heavy (non-hydrogen) atoms. The molecule has 0 aliphatic heterocycles. The molecule has 7 heteroatoms. The van der Waals surface area contributed by atoms with E-state index in [0.717, 1.165) is 12.3 Å². The molecule has 0 fully saturated rings. The van der Waals surface area contributed by atoms with Crippen LogP contribution in [0.25, 0.3) is 11.3 Å². The minimum absolute atomic E-state index is 0.101. The predicted octanol–water partition coefficient (Wildman–Crippen LogP) is 1.47. The van der Waals surface area contributed by atoms with E-state index in [0.29, 0.717) is 0 Å². The number of sulfone groups is 1. The highest BCUT2D eigenvalue weighted by atomic mass is 32.2. The van der Waals surface area contributed by atoms with Gasteiger partial charge in [0.25, 0.3) is 0 Å². The fraction of sp³-hybridized carbons (Fsp3) is 0.100. The molecule has 0 unspecified atom stereocenters. The third-order valence-electron chi connectivity index (χ3n) is 2.13. The molecule has 1 aromatic carbocycles. The van der Waals surface area contributed by atoms with E-state index < -0.39 is 20.5 Å². The lowest BCUT2D eigenvalue weighted by Gasteiger charge is -2.05. The molecule has 2 rings (SSSR count). The van der Waals surface area contributed by atoms with E-state index in [9.17, 15) is 12.8 Å². The summed E-state index contributed by atoms with van der Waals surface area (Å²) in [7, 11) is -3.71. The normalized spacial score (nSPS) is 11.6. The molecule has 0 aliphatic rings. The standard InChI is InChI=1S/C10H9FN2O3S/c1-17(14,15)10-6(3-2-4-7(10)11)8-5-9(12)13-16-8/h2-5H,1H3,(H2,12,13). The molecule has 0 aliphatic carbocycles. The second-order valence-corrected chi connectivity index (χ2v) is 5.46. The van der Waals surface area contributed by atoms with Gasteiger partial charge in [0, 0.05) is 17.9 Å². The van der Waals surface area contributed by atoms with Gasteiger partial charge in [-0.15, -0.1) is 0 Å². The average molecular weight is 256 g/mol. The first-order chi connectivity index (χ1) is 7.89. The molecule has 1 aromatic heterocycles. The lowest BCUT2D eigenvalue weighted by molar-refractivity contribution is 0.434. The number of benzene rings is 1. The van der Waals surface area contributed by atoms with Crippen LogP contribution in [0, 0.1) is 5.82 Å². The van der Waals surface area contributed by atoms with Gasteiger partial charge in [-0.1, -0.05) is 11.2 Å². The van der Waals surface area contributed by atoms with Crippen molar-refractivity contribution in [1.82, 2.24) is 5.16 Å². The molecular weight excluding hydrogens is 247 g/mol. The molecule has 1 heterocycles. The number of anilines is 1. The van der Waals surface area contributed by atoms with Gasteiger partial charge < -0.3 is 10.3 Å². The Bertz CT molecular complexity index is 664. The quantitative estimate of drug-likeness (QED) is 0.879. The van der Waals surface area contributed by atoms with E-state index in [4.69, 9.17) is 10.3 Å². The lowest BCUT2D eigenvalue weighted by Crippen LogP contribution is -2.03. The maximum absolute atomic E-state index is 13.6. The molecule has 5 nitrogen and oxygen atoms in total. The summed E-state index contributed by atoms with van der Waals surface area (Å²) in [6.07, 6.45) is 0.925. The Hall–Kier alpha value is -1.89. The van der Waals surface area contributed by atoms with Gasteiger partial charge in [0.15, 0.2) is 21.4 Å². The highest BCUT2D eigenvalue weighted by Crippen LogP contribution is 2.30. The summed E-state index contributed by atoms with van der Waals surface area (Å²) in [4.78, 5) is -0.420. The molecule has 0 saturated heterocycles. The van der Waals surface area contributed by atoms with Crippen molar-refractivity contribution in [3.8, 4) is 11.3 Å². The minimum atomic E-state index is -3.71. The van der Waals surface area contributed by atoms with E-state index in [1.807, 2.05) is 0 Å². The Morgan fingerprint density at radius 1 is 1.41 bits per heavy atom. The molecule has 0 bridgehead atoms. The molecule has 90 valence electrons. The van der Waals surface area contributed by atoms with Crippen LogP contribution in [0.15, 0.2) is 33.7 Å². The van der Waals surface area contributed by atoms with Gasteiger partial charge in [-0.3, -0.25) is 0 Å². The number of nitrogen functional groups attached to an aromatic ring is 1. The van der Waals surface area contributed by atoms with Gasteiger partial charge in [0.2, 0.25) is 0 Å². The summed E-state index contributed by atoms with van der Waals surface area (Å²) in [5.74, 6) is -0.619. The molecule has 2 N–H and O–H groups in total. The first-order valence-electron chi connectivity index (χ1n) is 4.61. The Morgan fingerprint density at radius 3 is 2.65 bits per heavy atom. The molecule has 0 radical (unpaired) electrons. The van der Waals surface area contributed by atoms with Gasteiger partial charge in [-0.2, -0.15) is 0 Å². The molecule has 0 amide bonds.